The first-order valence-corrected chi connectivity index (χ1v) is 8.79. The molecule has 0 spiro atoms. The highest BCUT2D eigenvalue weighted by molar-refractivity contribution is 5.94. The molecule has 0 bridgehead atoms. The van der Waals surface area contributed by atoms with E-state index in [1.807, 2.05) is 31.2 Å². The second-order valence-corrected chi connectivity index (χ2v) is 6.25. The summed E-state index contributed by atoms with van der Waals surface area (Å²) in [6, 6.07) is 15.7. The molecule has 3 aromatic rings. The Balaban J connectivity index is 1.99. The summed E-state index contributed by atoms with van der Waals surface area (Å²) in [4.78, 5) is 12.7. The Kier molecular flexibility index (Phi) is 5.98. The van der Waals surface area contributed by atoms with E-state index >= 15 is 0 Å². The van der Waals surface area contributed by atoms with Crippen molar-refractivity contribution in [2.45, 2.75) is 13.3 Å². The summed E-state index contributed by atoms with van der Waals surface area (Å²) in [5, 5.41) is 7.37. The molecule has 0 aliphatic heterocycles. The molecular formula is C21H22FN3O2. The van der Waals surface area contributed by atoms with Gasteiger partial charge in [-0.3, -0.25) is 4.79 Å². The molecule has 6 heteroatoms. The van der Waals surface area contributed by atoms with Crippen molar-refractivity contribution in [3.05, 3.63) is 71.7 Å². The van der Waals surface area contributed by atoms with Crippen molar-refractivity contribution in [2.24, 2.45) is 0 Å². The molecule has 0 atom stereocenters. The first-order chi connectivity index (χ1) is 13.1. The number of amides is 1. The number of ether oxygens (including phenoxy) is 1. The lowest BCUT2D eigenvalue weighted by Gasteiger charge is -2.09. The molecule has 0 fully saturated rings. The zero-order chi connectivity index (χ0) is 19.2. The smallest absolute Gasteiger partial charge is 0.270 e. The highest BCUT2D eigenvalue weighted by atomic mass is 19.1. The van der Waals surface area contributed by atoms with Gasteiger partial charge in [0, 0.05) is 25.8 Å². The van der Waals surface area contributed by atoms with Crippen LogP contribution in [-0.4, -0.2) is 35.9 Å². The van der Waals surface area contributed by atoms with E-state index in [4.69, 9.17) is 4.74 Å². The fourth-order valence-electron chi connectivity index (χ4n) is 2.81. The van der Waals surface area contributed by atoms with Gasteiger partial charge in [0.25, 0.3) is 5.91 Å². The highest BCUT2D eigenvalue weighted by Gasteiger charge is 2.19. The third kappa shape index (κ3) is 4.41. The molecule has 0 saturated carbocycles. The predicted octanol–water partition coefficient (Wildman–Crippen LogP) is 3.75. The highest BCUT2D eigenvalue weighted by Crippen LogP contribution is 2.24. The number of carbonyl (C=O) groups excluding carboxylic acids is 1. The Hall–Kier alpha value is -2.99. The third-order valence-corrected chi connectivity index (χ3v) is 4.15. The number of hydrogen-bond donors (Lipinski definition) is 1. The van der Waals surface area contributed by atoms with Crippen LogP contribution in [0.2, 0.25) is 0 Å². The predicted molar refractivity (Wildman–Crippen MR) is 103 cm³/mol. The Morgan fingerprint density at radius 2 is 2.00 bits per heavy atom. The van der Waals surface area contributed by atoms with E-state index in [-0.39, 0.29) is 11.7 Å². The van der Waals surface area contributed by atoms with Crippen molar-refractivity contribution in [1.29, 1.82) is 0 Å². The molecule has 27 heavy (non-hydrogen) atoms. The zero-order valence-corrected chi connectivity index (χ0v) is 15.4. The van der Waals surface area contributed by atoms with Crippen LogP contribution >= 0.6 is 0 Å². The van der Waals surface area contributed by atoms with E-state index in [0.717, 1.165) is 11.3 Å². The van der Waals surface area contributed by atoms with E-state index in [1.54, 1.807) is 36.1 Å². The van der Waals surface area contributed by atoms with Gasteiger partial charge in [-0.15, -0.1) is 0 Å². The van der Waals surface area contributed by atoms with Crippen molar-refractivity contribution < 1.29 is 13.9 Å². The van der Waals surface area contributed by atoms with E-state index in [1.165, 1.54) is 6.07 Å². The summed E-state index contributed by atoms with van der Waals surface area (Å²) < 4.78 is 20.8. The van der Waals surface area contributed by atoms with E-state index in [9.17, 15) is 9.18 Å². The lowest BCUT2D eigenvalue weighted by Crippen LogP contribution is -2.27. The van der Waals surface area contributed by atoms with E-state index < -0.39 is 0 Å². The third-order valence-electron chi connectivity index (χ3n) is 4.15. The number of aryl methyl sites for hydroxylation is 1. The lowest BCUT2D eigenvalue weighted by molar-refractivity contribution is 0.0941. The number of benzene rings is 2. The average molecular weight is 367 g/mol. The van der Waals surface area contributed by atoms with Crippen LogP contribution in [0.5, 0.6) is 0 Å². The maximum atomic E-state index is 14.2. The molecule has 3 rings (SSSR count). The molecular weight excluding hydrogens is 345 g/mol. The second kappa shape index (κ2) is 8.60. The van der Waals surface area contributed by atoms with Gasteiger partial charge in [0.1, 0.15) is 11.5 Å². The van der Waals surface area contributed by atoms with Crippen LogP contribution in [0.3, 0.4) is 0 Å². The van der Waals surface area contributed by atoms with E-state index in [0.29, 0.717) is 36.5 Å². The number of halogens is 1. The Bertz CT molecular complexity index is 937. The quantitative estimate of drug-likeness (QED) is 0.647. The first kappa shape index (κ1) is 18.8. The number of nitrogens with one attached hydrogen (secondary N) is 1. The topological polar surface area (TPSA) is 56.1 Å². The van der Waals surface area contributed by atoms with Crippen LogP contribution in [-0.2, 0) is 4.74 Å². The van der Waals surface area contributed by atoms with E-state index in [2.05, 4.69) is 10.4 Å². The zero-order valence-electron chi connectivity index (χ0n) is 15.4. The van der Waals surface area contributed by atoms with Crippen LogP contribution < -0.4 is 5.32 Å². The van der Waals surface area contributed by atoms with Crippen LogP contribution in [0.25, 0.3) is 16.9 Å². The molecule has 0 unspecified atom stereocenters. The molecule has 0 radical (unpaired) electrons. The van der Waals surface area contributed by atoms with Crippen LogP contribution in [0.4, 0.5) is 4.39 Å². The number of carbonyl (C=O) groups is 1. The monoisotopic (exact) mass is 367 g/mol. The summed E-state index contributed by atoms with van der Waals surface area (Å²) in [5.74, 6) is -0.638. The van der Waals surface area contributed by atoms with Crippen LogP contribution in [0, 0.1) is 12.7 Å². The molecule has 0 saturated heterocycles. The number of hydrogen-bond acceptors (Lipinski definition) is 3. The summed E-state index contributed by atoms with van der Waals surface area (Å²) in [6.45, 7) is 3.02. The molecule has 140 valence electrons. The van der Waals surface area contributed by atoms with Gasteiger partial charge in [0.05, 0.1) is 11.4 Å². The largest absolute Gasteiger partial charge is 0.385 e. The van der Waals surface area contributed by atoms with Crippen LogP contribution in [0.15, 0.2) is 54.6 Å². The fourth-order valence-corrected chi connectivity index (χ4v) is 2.81. The minimum absolute atomic E-state index is 0.261. The lowest BCUT2D eigenvalue weighted by atomic mass is 10.1. The van der Waals surface area contributed by atoms with Crippen molar-refractivity contribution in [3.8, 4) is 16.9 Å². The van der Waals surface area contributed by atoms with Crippen LogP contribution in [0.1, 0.15) is 22.5 Å². The van der Waals surface area contributed by atoms with Gasteiger partial charge in [0.15, 0.2) is 0 Å². The minimum atomic E-state index is -0.376. The second-order valence-electron chi connectivity index (χ2n) is 6.25. The Morgan fingerprint density at radius 1 is 1.19 bits per heavy atom. The minimum Gasteiger partial charge on any atom is -0.385 e. The standard InChI is InChI=1S/C21H22FN3O2/c1-15-7-5-8-16(13-15)25-20(21(26)23-11-6-12-27-2)14-19(24-25)17-9-3-4-10-18(17)22/h3-5,7-10,13-14H,6,11-12H2,1-2H3,(H,23,26). The molecule has 0 aliphatic carbocycles. The molecule has 0 aliphatic rings. The van der Waals surface area contributed by atoms with Crippen molar-refractivity contribution in [2.75, 3.05) is 20.3 Å². The van der Waals surface area contributed by atoms with Crippen molar-refractivity contribution >= 4 is 5.91 Å². The first-order valence-electron chi connectivity index (χ1n) is 8.79. The summed E-state index contributed by atoms with van der Waals surface area (Å²) in [5.41, 5.74) is 2.92. The maximum absolute atomic E-state index is 14.2. The normalized spacial score (nSPS) is 10.8. The molecule has 1 amide bonds. The molecule has 2 aromatic carbocycles. The summed E-state index contributed by atoms with van der Waals surface area (Å²) >= 11 is 0. The molecule has 5 nitrogen and oxygen atoms in total. The average Bonchev–Trinajstić information content (AvgIpc) is 3.11. The van der Waals surface area contributed by atoms with Gasteiger partial charge in [-0.25, -0.2) is 9.07 Å². The fraction of sp³-hybridized carbons (Fsp3) is 0.238. The van der Waals surface area contributed by atoms with Gasteiger partial charge in [0.2, 0.25) is 0 Å². The number of rotatable bonds is 7. The van der Waals surface area contributed by atoms with Gasteiger partial charge in [-0.2, -0.15) is 5.10 Å². The SMILES string of the molecule is COCCCNC(=O)c1cc(-c2ccccc2F)nn1-c1cccc(C)c1. The molecule has 1 aromatic heterocycles. The number of aromatic nitrogens is 2. The van der Waals surface area contributed by atoms with Crippen molar-refractivity contribution in [3.63, 3.8) is 0 Å². The molecule has 1 N–H and O–H groups in total. The summed E-state index contributed by atoms with van der Waals surface area (Å²) in [7, 11) is 1.62. The summed E-state index contributed by atoms with van der Waals surface area (Å²) in [6.07, 6.45) is 0.709. The van der Waals surface area contributed by atoms with Gasteiger partial charge < -0.3 is 10.1 Å². The molecule has 1 heterocycles. The number of nitrogens with zero attached hydrogens (tertiary/aromatic N) is 2. The van der Waals surface area contributed by atoms with Gasteiger partial charge >= 0.3 is 0 Å². The Morgan fingerprint density at radius 3 is 2.74 bits per heavy atom. The van der Waals surface area contributed by atoms with Crippen molar-refractivity contribution in [1.82, 2.24) is 15.1 Å². The van der Waals surface area contributed by atoms with Gasteiger partial charge in [-0.05, 0) is 49.2 Å². The number of methoxy groups -OCH3 is 1. The Labute approximate surface area is 157 Å². The van der Waals surface area contributed by atoms with Gasteiger partial charge in [-0.1, -0.05) is 24.3 Å². The maximum Gasteiger partial charge on any atom is 0.270 e.